The summed E-state index contributed by atoms with van der Waals surface area (Å²) in [5, 5.41) is 2.65. The van der Waals surface area contributed by atoms with E-state index in [9.17, 15) is 9.59 Å². The van der Waals surface area contributed by atoms with Gasteiger partial charge in [0.05, 0.1) is 12.1 Å². The molecule has 0 aromatic rings. The molecule has 3 atom stereocenters. The largest absolute Gasteiger partial charge is 0.370 e. The summed E-state index contributed by atoms with van der Waals surface area (Å²) in [5.74, 6) is -0.201. The predicted molar refractivity (Wildman–Crippen MR) is 75.3 cm³/mol. The van der Waals surface area contributed by atoms with Crippen molar-refractivity contribution in [3.05, 3.63) is 0 Å². The first-order valence-corrected chi connectivity index (χ1v) is 6.49. The number of carbonyl (C=O) groups excluding carboxylic acids is 2. The Hall–Kier alpha value is -1.63. The minimum absolute atomic E-state index is 0.0239. The van der Waals surface area contributed by atoms with Crippen LogP contribution in [0.1, 0.15) is 33.1 Å². The third kappa shape index (κ3) is 7.40. The van der Waals surface area contributed by atoms with Crippen LogP contribution in [-0.2, 0) is 9.59 Å². The summed E-state index contributed by atoms with van der Waals surface area (Å²) in [4.78, 5) is 26.5. The molecule has 0 bridgehead atoms. The van der Waals surface area contributed by atoms with Gasteiger partial charge in [0.1, 0.15) is 6.29 Å². The van der Waals surface area contributed by atoms with Crippen LogP contribution in [0.3, 0.4) is 0 Å². The van der Waals surface area contributed by atoms with Crippen molar-refractivity contribution >= 4 is 18.2 Å². The van der Waals surface area contributed by atoms with E-state index in [-0.39, 0.29) is 17.8 Å². The Bertz CT molecular complexity index is 315. The fourth-order valence-corrected chi connectivity index (χ4v) is 1.49. The lowest BCUT2D eigenvalue weighted by atomic mass is 10.00. The molecule has 0 aliphatic carbocycles. The van der Waals surface area contributed by atoms with E-state index in [1.165, 1.54) is 0 Å². The molecule has 19 heavy (non-hydrogen) atoms. The summed E-state index contributed by atoms with van der Waals surface area (Å²) >= 11 is 0. The SMILES string of the molecule is CC[C@H](C)[C@@H](C=O)NC(=O)[C@@H](N)CCCN=C(N)N. The van der Waals surface area contributed by atoms with Gasteiger partial charge in [0.25, 0.3) is 0 Å². The molecule has 0 aliphatic rings. The Morgan fingerprint density at radius 2 is 2.05 bits per heavy atom. The van der Waals surface area contributed by atoms with Crippen molar-refractivity contribution in [1.29, 1.82) is 0 Å². The summed E-state index contributed by atoms with van der Waals surface area (Å²) in [6.45, 7) is 4.30. The smallest absolute Gasteiger partial charge is 0.237 e. The number of carbonyl (C=O) groups is 2. The lowest BCUT2D eigenvalue weighted by molar-refractivity contribution is -0.125. The molecule has 0 saturated carbocycles. The molecule has 0 heterocycles. The van der Waals surface area contributed by atoms with Gasteiger partial charge in [-0.15, -0.1) is 0 Å². The van der Waals surface area contributed by atoms with E-state index in [4.69, 9.17) is 17.2 Å². The molecule has 7 heteroatoms. The summed E-state index contributed by atoms with van der Waals surface area (Å²) in [5.41, 5.74) is 16.1. The molecule has 110 valence electrons. The fourth-order valence-electron chi connectivity index (χ4n) is 1.49. The lowest BCUT2D eigenvalue weighted by Crippen LogP contribution is -2.48. The number of nitrogens with one attached hydrogen (secondary N) is 1. The first-order valence-electron chi connectivity index (χ1n) is 6.49. The number of aliphatic imine (C=N–C) groups is 1. The highest BCUT2D eigenvalue weighted by Gasteiger charge is 2.20. The van der Waals surface area contributed by atoms with Gasteiger partial charge in [-0.1, -0.05) is 20.3 Å². The number of guanidine groups is 1. The second-order valence-electron chi connectivity index (χ2n) is 4.61. The van der Waals surface area contributed by atoms with Gasteiger partial charge in [-0.2, -0.15) is 0 Å². The molecular formula is C12H25N5O2. The van der Waals surface area contributed by atoms with E-state index in [1.807, 2.05) is 13.8 Å². The van der Waals surface area contributed by atoms with Crippen LogP contribution < -0.4 is 22.5 Å². The van der Waals surface area contributed by atoms with Gasteiger partial charge < -0.3 is 27.3 Å². The highest BCUT2D eigenvalue weighted by molar-refractivity contribution is 5.84. The zero-order chi connectivity index (χ0) is 14.8. The first kappa shape index (κ1) is 17.4. The van der Waals surface area contributed by atoms with Gasteiger partial charge in [0.2, 0.25) is 5.91 Å². The van der Waals surface area contributed by atoms with Crippen molar-refractivity contribution < 1.29 is 9.59 Å². The van der Waals surface area contributed by atoms with E-state index >= 15 is 0 Å². The average Bonchev–Trinajstić information content (AvgIpc) is 2.39. The lowest BCUT2D eigenvalue weighted by Gasteiger charge is -2.20. The minimum Gasteiger partial charge on any atom is -0.370 e. The second-order valence-corrected chi connectivity index (χ2v) is 4.61. The highest BCUT2D eigenvalue weighted by atomic mass is 16.2. The van der Waals surface area contributed by atoms with Crippen LogP contribution in [0.4, 0.5) is 0 Å². The number of nitrogens with zero attached hydrogens (tertiary/aromatic N) is 1. The molecule has 0 aromatic carbocycles. The molecule has 0 fully saturated rings. The van der Waals surface area contributed by atoms with Gasteiger partial charge in [-0.3, -0.25) is 9.79 Å². The van der Waals surface area contributed by atoms with E-state index in [0.717, 1.165) is 12.7 Å². The summed E-state index contributed by atoms with van der Waals surface area (Å²) < 4.78 is 0. The topological polar surface area (TPSA) is 137 Å². The Labute approximate surface area is 114 Å². The third-order valence-corrected chi connectivity index (χ3v) is 3.02. The maximum atomic E-state index is 11.8. The highest BCUT2D eigenvalue weighted by Crippen LogP contribution is 2.06. The molecule has 7 nitrogen and oxygen atoms in total. The van der Waals surface area contributed by atoms with E-state index in [1.54, 1.807) is 0 Å². The van der Waals surface area contributed by atoms with Crippen molar-refractivity contribution in [2.75, 3.05) is 6.54 Å². The molecule has 0 rings (SSSR count). The Morgan fingerprint density at radius 3 is 2.53 bits per heavy atom. The van der Waals surface area contributed by atoms with Crippen molar-refractivity contribution in [1.82, 2.24) is 5.32 Å². The number of hydrogen-bond donors (Lipinski definition) is 4. The minimum atomic E-state index is -0.652. The van der Waals surface area contributed by atoms with E-state index in [2.05, 4.69) is 10.3 Å². The van der Waals surface area contributed by atoms with Gasteiger partial charge in [-0.05, 0) is 18.8 Å². The van der Waals surface area contributed by atoms with Crippen molar-refractivity contribution in [3.63, 3.8) is 0 Å². The number of aldehydes is 1. The second kappa shape index (κ2) is 9.32. The molecule has 0 aliphatic heterocycles. The summed E-state index contributed by atoms with van der Waals surface area (Å²) in [6, 6.07) is -1.14. The number of amides is 1. The van der Waals surface area contributed by atoms with Crippen LogP contribution in [0.2, 0.25) is 0 Å². The summed E-state index contributed by atoms with van der Waals surface area (Å²) in [7, 11) is 0. The number of rotatable bonds is 9. The normalized spacial score (nSPS) is 15.1. The van der Waals surface area contributed by atoms with Crippen LogP contribution in [0.5, 0.6) is 0 Å². The molecule has 0 radical (unpaired) electrons. The van der Waals surface area contributed by atoms with Crippen LogP contribution in [0.15, 0.2) is 4.99 Å². The average molecular weight is 271 g/mol. The molecule has 0 spiro atoms. The predicted octanol–water partition coefficient (Wildman–Crippen LogP) is -0.903. The summed E-state index contributed by atoms with van der Waals surface area (Å²) in [6.07, 6.45) is 2.64. The van der Waals surface area contributed by atoms with Crippen molar-refractivity contribution in [2.24, 2.45) is 28.1 Å². The quantitative estimate of drug-likeness (QED) is 0.186. The number of hydrogen-bond acceptors (Lipinski definition) is 4. The Morgan fingerprint density at radius 1 is 1.42 bits per heavy atom. The zero-order valence-corrected chi connectivity index (χ0v) is 11.6. The van der Waals surface area contributed by atoms with Gasteiger partial charge >= 0.3 is 0 Å². The molecule has 1 amide bonds. The maximum absolute atomic E-state index is 11.8. The Balaban J connectivity index is 4.11. The molecular weight excluding hydrogens is 246 g/mol. The van der Waals surface area contributed by atoms with Gasteiger partial charge in [-0.25, -0.2) is 0 Å². The molecule has 0 aromatic heterocycles. The van der Waals surface area contributed by atoms with Crippen LogP contribution in [0.25, 0.3) is 0 Å². The maximum Gasteiger partial charge on any atom is 0.237 e. The van der Waals surface area contributed by atoms with E-state index in [0.29, 0.717) is 19.4 Å². The van der Waals surface area contributed by atoms with Gasteiger partial charge in [0.15, 0.2) is 5.96 Å². The van der Waals surface area contributed by atoms with Crippen LogP contribution in [0, 0.1) is 5.92 Å². The third-order valence-electron chi connectivity index (χ3n) is 3.02. The van der Waals surface area contributed by atoms with E-state index < -0.39 is 12.1 Å². The van der Waals surface area contributed by atoms with Gasteiger partial charge in [0, 0.05) is 6.54 Å². The number of nitrogens with two attached hydrogens (primary N) is 3. The van der Waals surface area contributed by atoms with Crippen LogP contribution >= 0.6 is 0 Å². The van der Waals surface area contributed by atoms with Crippen molar-refractivity contribution in [3.8, 4) is 0 Å². The van der Waals surface area contributed by atoms with Crippen molar-refractivity contribution in [2.45, 2.75) is 45.2 Å². The molecule has 0 unspecified atom stereocenters. The molecule has 0 saturated heterocycles. The Kier molecular flexibility index (Phi) is 8.52. The first-order chi connectivity index (χ1) is 8.92. The fraction of sp³-hybridized carbons (Fsp3) is 0.750. The standard InChI is InChI=1S/C12H25N5O2/c1-3-8(2)10(7-18)17-11(19)9(13)5-4-6-16-12(14)15/h7-10H,3-6,13H2,1-2H3,(H,17,19)(H4,14,15,16)/t8-,9-,10+/m0/s1. The van der Waals surface area contributed by atoms with Crippen LogP contribution in [-0.4, -0.2) is 36.8 Å². The monoisotopic (exact) mass is 271 g/mol. The molecule has 7 N–H and O–H groups in total. The zero-order valence-electron chi connectivity index (χ0n) is 11.6.